The second-order valence-corrected chi connectivity index (χ2v) is 7.03. The van der Waals surface area contributed by atoms with Crippen molar-refractivity contribution in [3.8, 4) is 0 Å². The number of aryl methyl sites for hydroxylation is 1. The molecule has 0 unspecified atom stereocenters. The van der Waals surface area contributed by atoms with Crippen LogP contribution in [0.15, 0.2) is 64.3 Å². The number of benzene rings is 2. The van der Waals surface area contributed by atoms with Gasteiger partial charge < -0.3 is 5.32 Å². The number of nitrogens with one attached hydrogen (secondary N) is 1. The Bertz CT molecular complexity index is 798. The molecule has 0 atom stereocenters. The van der Waals surface area contributed by atoms with Crippen LogP contribution in [0, 0.1) is 0 Å². The van der Waals surface area contributed by atoms with Gasteiger partial charge in [-0.25, -0.2) is 4.98 Å². The van der Waals surface area contributed by atoms with Gasteiger partial charge in [0.15, 0.2) is 0 Å². The first-order valence-electron chi connectivity index (χ1n) is 7.75. The van der Waals surface area contributed by atoms with E-state index in [0.29, 0.717) is 5.56 Å². The molecular weight excluding hydrogens is 336 g/mol. The number of rotatable bonds is 6. The maximum atomic E-state index is 12.4. The number of para-hydroxylation sites is 1. The van der Waals surface area contributed by atoms with Crippen molar-refractivity contribution in [3.63, 3.8) is 0 Å². The Hall–Kier alpha value is -2.11. The largest absolute Gasteiger partial charge is 0.322 e. The van der Waals surface area contributed by atoms with Crippen LogP contribution < -0.4 is 5.32 Å². The van der Waals surface area contributed by atoms with Gasteiger partial charge in [0.25, 0.3) is 5.91 Å². The van der Waals surface area contributed by atoms with E-state index in [1.165, 1.54) is 0 Å². The quantitative estimate of drug-likeness (QED) is 0.615. The molecular formula is C19H18N2OS2. The van der Waals surface area contributed by atoms with Crippen molar-refractivity contribution in [1.82, 2.24) is 4.98 Å². The molecule has 1 aromatic heterocycles. The first-order valence-corrected chi connectivity index (χ1v) is 9.68. The van der Waals surface area contributed by atoms with Crippen molar-refractivity contribution in [3.05, 3.63) is 76.2 Å². The zero-order chi connectivity index (χ0) is 16.8. The lowest BCUT2D eigenvalue weighted by molar-refractivity contribution is 0.102. The second kappa shape index (κ2) is 8.13. The van der Waals surface area contributed by atoms with Gasteiger partial charge in [-0.3, -0.25) is 4.79 Å². The molecule has 3 rings (SSSR count). The molecule has 0 fully saturated rings. The van der Waals surface area contributed by atoms with Crippen molar-refractivity contribution in [2.24, 2.45) is 0 Å². The summed E-state index contributed by atoms with van der Waals surface area (Å²) in [6, 6.07) is 15.6. The maximum Gasteiger partial charge on any atom is 0.255 e. The van der Waals surface area contributed by atoms with E-state index >= 15 is 0 Å². The highest BCUT2D eigenvalue weighted by atomic mass is 32.2. The van der Waals surface area contributed by atoms with E-state index in [1.54, 1.807) is 23.1 Å². The molecule has 24 heavy (non-hydrogen) atoms. The Morgan fingerprint density at radius 2 is 1.96 bits per heavy atom. The lowest BCUT2D eigenvalue weighted by Gasteiger charge is -2.10. The number of carbonyl (C=O) groups is 1. The van der Waals surface area contributed by atoms with E-state index in [1.807, 2.05) is 54.0 Å². The smallest absolute Gasteiger partial charge is 0.255 e. The number of nitrogens with zero attached hydrogens (tertiary/aromatic N) is 1. The van der Waals surface area contributed by atoms with Gasteiger partial charge in [-0.15, -0.1) is 23.1 Å². The maximum absolute atomic E-state index is 12.4. The van der Waals surface area contributed by atoms with Gasteiger partial charge in [-0.05, 0) is 42.3 Å². The van der Waals surface area contributed by atoms with Crippen LogP contribution in [0.5, 0.6) is 0 Å². The minimum atomic E-state index is -0.0769. The molecule has 0 aliphatic rings. The SMILES string of the molecule is CCc1ccccc1NC(=O)c1ccc(SCc2cscn2)cc1. The highest BCUT2D eigenvalue weighted by Gasteiger charge is 2.08. The number of thiazole rings is 1. The van der Waals surface area contributed by atoms with Gasteiger partial charge in [0, 0.05) is 27.3 Å². The first kappa shape index (κ1) is 16.7. The fraction of sp³-hybridized carbons (Fsp3) is 0.158. The van der Waals surface area contributed by atoms with Gasteiger partial charge in [-0.1, -0.05) is 25.1 Å². The van der Waals surface area contributed by atoms with E-state index in [4.69, 9.17) is 0 Å². The van der Waals surface area contributed by atoms with E-state index in [0.717, 1.165) is 34.0 Å². The summed E-state index contributed by atoms with van der Waals surface area (Å²) in [5.74, 6) is 0.769. The number of thioether (sulfide) groups is 1. The highest BCUT2D eigenvalue weighted by Crippen LogP contribution is 2.23. The van der Waals surface area contributed by atoms with Crippen LogP contribution in [0.1, 0.15) is 28.5 Å². The highest BCUT2D eigenvalue weighted by molar-refractivity contribution is 7.98. The molecule has 3 nitrogen and oxygen atoms in total. The number of carbonyl (C=O) groups excluding carboxylic acids is 1. The predicted molar refractivity (Wildman–Crippen MR) is 102 cm³/mol. The van der Waals surface area contributed by atoms with Crippen LogP contribution in [-0.2, 0) is 12.2 Å². The molecule has 1 N–H and O–H groups in total. The van der Waals surface area contributed by atoms with E-state index in [9.17, 15) is 4.79 Å². The van der Waals surface area contributed by atoms with Crippen molar-refractivity contribution < 1.29 is 4.79 Å². The van der Waals surface area contributed by atoms with E-state index in [2.05, 4.69) is 22.6 Å². The third kappa shape index (κ3) is 4.24. The summed E-state index contributed by atoms with van der Waals surface area (Å²) in [4.78, 5) is 17.8. The topological polar surface area (TPSA) is 42.0 Å². The van der Waals surface area contributed by atoms with Gasteiger partial charge in [0.2, 0.25) is 0 Å². The molecule has 1 heterocycles. The normalized spacial score (nSPS) is 10.5. The lowest BCUT2D eigenvalue weighted by Crippen LogP contribution is -2.13. The predicted octanol–water partition coefficient (Wildman–Crippen LogP) is 5.25. The Kier molecular flexibility index (Phi) is 5.67. The summed E-state index contributed by atoms with van der Waals surface area (Å²) >= 11 is 3.33. The molecule has 0 spiro atoms. The van der Waals surface area contributed by atoms with Crippen LogP contribution >= 0.6 is 23.1 Å². The van der Waals surface area contributed by atoms with Crippen molar-refractivity contribution in [2.75, 3.05) is 5.32 Å². The van der Waals surface area contributed by atoms with Gasteiger partial charge in [0.1, 0.15) is 0 Å². The average Bonchev–Trinajstić information content (AvgIpc) is 3.14. The minimum Gasteiger partial charge on any atom is -0.322 e. The molecule has 0 aliphatic carbocycles. The van der Waals surface area contributed by atoms with Crippen LogP contribution in [-0.4, -0.2) is 10.9 Å². The molecule has 0 saturated heterocycles. The third-order valence-corrected chi connectivity index (χ3v) is 5.31. The Morgan fingerprint density at radius 3 is 2.67 bits per heavy atom. The van der Waals surface area contributed by atoms with Gasteiger partial charge in [-0.2, -0.15) is 0 Å². The zero-order valence-electron chi connectivity index (χ0n) is 13.4. The monoisotopic (exact) mass is 354 g/mol. The minimum absolute atomic E-state index is 0.0769. The van der Waals surface area contributed by atoms with Crippen molar-refractivity contribution in [1.29, 1.82) is 0 Å². The molecule has 0 radical (unpaired) electrons. The number of anilines is 1. The second-order valence-electron chi connectivity index (χ2n) is 5.26. The standard InChI is InChI=1S/C19H18N2OS2/c1-2-14-5-3-4-6-18(14)21-19(22)15-7-9-17(10-8-15)24-12-16-11-23-13-20-16/h3-11,13H,2,12H2,1H3,(H,21,22). The van der Waals surface area contributed by atoms with Gasteiger partial charge >= 0.3 is 0 Å². The van der Waals surface area contributed by atoms with Crippen LogP contribution in [0.25, 0.3) is 0 Å². The van der Waals surface area contributed by atoms with E-state index < -0.39 is 0 Å². The van der Waals surface area contributed by atoms with Crippen LogP contribution in [0.2, 0.25) is 0 Å². The van der Waals surface area contributed by atoms with Gasteiger partial charge in [0.05, 0.1) is 11.2 Å². The molecule has 5 heteroatoms. The molecule has 3 aromatic rings. The van der Waals surface area contributed by atoms with Crippen molar-refractivity contribution >= 4 is 34.7 Å². The Balaban J connectivity index is 1.63. The average molecular weight is 354 g/mol. The summed E-state index contributed by atoms with van der Waals surface area (Å²) in [5, 5.41) is 5.05. The molecule has 122 valence electrons. The number of hydrogen-bond acceptors (Lipinski definition) is 4. The summed E-state index contributed by atoms with van der Waals surface area (Å²) < 4.78 is 0. The Labute approximate surface area is 150 Å². The zero-order valence-corrected chi connectivity index (χ0v) is 15.0. The van der Waals surface area contributed by atoms with Crippen LogP contribution in [0.4, 0.5) is 5.69 Å². The summed E-state index contributed by atoms with van der Waals surface area (Å²) in [6.45, 7) is 2.08. The molecule has 1 amide bonds. The fourth-order valence-electron chi connectivity index (χ4n) is 2.31. The molecule has 2 aromatic carbocycles. The Morgan fingerprint density at radius 1 is 1.17 bits per heavy atom. The fourth-order valence-corrected chi connectivity index (χ4v) is 3.78. The van der Waals surface area contributed by atoms with Crippen molar-refractivity contribution in [2.45, 2.75) is 24.0 Å². The summed E-state index contributed by atoms with van der Waals surface area (Å²) in [5.41, 5.74) is 5.62. The molecule has 0 saturated carbocycles. The first-order chi connectivity index (χ1) is 11.8. The lowest BCUT2D eigenvalue weighted by atomic mass is 10.1. The number of amides is 1. The molecule has 0 aliphatic heterocycles. The van der Waals surface area contributed by atoms with E-state index in [-0.39, 0.29) is 5.91 Å². The number of aromatic nitrogens is 1. The molecule has 0 bridgehead atoms. The van der Waals surface area contributed by atoms with Crippen LogP contribution in [0.3, 0.4) is 0 Å². The third-order valence-electron chi connectivity index (χ3n) is 3.63. The summed E-state index contributed by atoms with van der Waals surface area (Å²) in [6.07, 6.45) is 0.892. The summed E-state index contributed by atoms with van der Waals surface area (Å²) in [7, 11) is 0. The number of hydrogen-bond donors (Lipinski definition) is 1.